The molecule has 1 saturated heterocycles. The zero-order chi connectivity index (χ0) is 16.4. The Bertz CT molecular complexity index is 484. The first-order chi connectivity index (χ1) is 10.3. The lowest BCUT2D eigenvalue weighted by Crippen LogP contribution is -2.49. The van der Waals surface area contributed by atoms with Crippen molar-refractivity contribution in [2.75, 3.05) is 33.9 Å². The van der Waals surface area contributed by atoms with Crippen molar-refractivity contribution in [1.29, 1.82) is 0 Å². The van der Waals surface area contributed by atoms with Crippen LogP contribution in [0, 0.1) is 0 Å². The number of nitrogens with two attached hydrogens (primary N) is 1. The number of ether oxygens (including phenoxy) is 2. The quantitative estimate of drug-likeness (QED) is 0.908. The summed E-state index contributed by atoms with van der Waals surface area (Å²) in [5.41, 5.74) is 5.10. The third-order valence-electron chi connectivity index (χ3n) is 4.15. The van der Waals surface area contributed by atoms with E-state index < -0.39 is 5.67 Å². The van der Waals surface area contributed by atoms with Crippen LogP contribution in [0.5, 0.6) is 11.5 Å². The van der Waals surface area contributed by atoms with Gasteiger partial charge < -0.3 is 20.1 Å². The van der Waals surface area contributed by atoms with Gasteiger partial charge in [0, 0.05) is 31.2 Å². The van der Waals surface area contributed by atoms with Crippen molar-refractivity contribution < 1.29 is 13.9 Å². The molecule has 1 aliphatic heterocycles. The SMILES string of the molecule is COc1cc(OC)cc(C2(F)CCN(CC(C)(C)N)CC2)c1. The molecule has 4 nitrogen and oxygen atoms in total. The molecule has 0 aliphatic carbocycles. The van der Waals surface area contributed by atoms with E-state index >= 15 is 4.39 Å². The summed E-state index contributed by atoms with van der Waals surface area (Å²) in [6, 6.07) is 5.30. The van der Waals surface area contributed by atoms with Gasteiger partial charge in [-0.25, -0.2) is 4.39 Å². The van der Waals surface area contributed by atoms with Gasteiger partial charge in [-0.15, -0.1) is 0 Å². The monoisotopic (exact) mass is 310 g/mol. The van der Waals surface area contributed by atoms with E-state index in [-0.39, 0.29) is 5.54 Å². The molecule has 0 bridgehead atoms. The van der Waals surface area contributed by atoms with Gasteiger partial charge in [0.2, 0.25) is 0 Å². The lowest BCUT2D eigenvalue weighted by Gasteiger charge is -2.39. The molecule has 1 heterocycles. The molecule has 2 N–H and O–H groups in total. The van der Waals surface area contributed by atoms with Crippen LogP contribution >= 0.6 is 0 Å². The molecule has 124 valence electrons. The number of rotatable bonds is 5. The van der Waals surface area contributed by atoms with E-state index in [2.05, 4.69) is 4.90 Å². The van der Waals surface area contributed by atoms with Crippen molar-refractivity contribution in [3.63, 3.8) is 0 Å². The Kier molecular flexibility index (Phi) is 4.97. The van der Waals surface area contributed by atoms with Crippen molar-refractivity contribution in [3.05, 3.63) is 23.8 Å². The van der Waals surface area contributed by atoms with Gasteiger partial charge in [-0.1, -0.05) is 0 Å². The summed E-state index contributed by atoms with van der Waals surface area (Å²) in [5, 5.41) is 0. The largest absolute Gasteiger partial charge is 0.497 e. The maximum atomic E-state index is 15.4. The van der Waals surface area contributed by atoms with Crippen molar-refractivity contribution in [1.82, 2.24) is 4.90 Å². The molecule has 2 rings (SSSR count). The Morgan fingerprint density at radius 2 is 1.64 bits per heavy atom. The molecule has 0 amide bonds. The van der Waals surface area contributed by atoms with E-state index in [1.807, 2.05) is 13.8 Å². The molecule has 0 radical (unpaired) electrons. The van der Waals surface area contributed by atoms with Gasteiger partial charge in [0.1, 0.15) is 17.2 Å². The number of alkyl halides is 1. The van der Waals surface area contributed by atoms with Crippen LogP contribution in [0.25, 0.3) is 0 Å². The maximum absolute atomic E-state index is 15.4. The Labute approximate surface area is 132 Å². The lowest BCUT2D eigenvalue weighted by atomic mass is 9.85. The second kappa shape index (κ2) is 6.42. The van der Waals surface area contributed by atoms with Crippen molar-refractivity contribution in [2.24, 2.45) is 5.73 Å². The summed E-state index contributed by atoms with van der Waals surface area (Å²) in [7, 11) is 3.16. The molecule has 0 saturated carbocycles. The number of hydrogen-bond donors (Lipinski definition) is 1. The number of methoxy groups -OCH3 is 2. The Morgan fingerprint density at radius 1 is 1.14 bits per heavy atom. The number of halogens is 1. The topological polar surface area (TPSA) is 47.7 Å². The fourth-order valence-electron chi connectivity index (χ4n) is 3.00. The molecule has 0 unspecified atom stereocenters. The normalized spacial score (nSPS) is 19.0. The predicted molar refractivity (Wildman–Crippen MR) is 86.3 cm³/mol. The summed E-state index contributed by atoms with van der Waals surface area (Å²) < 4.78 is 25.9. The molecule has 22 heavy (non-hydrogen) atoms. The fourth-order valence-corrected chi connectivity index (χ4v) is 3.00. The Morgan fingerprint density at radius 3 is 2.05 bits per heavy atom. The summed E-state index contributed by atoms with van der Waals surface area (Å²) >= 11 is 0. The zero-order valence-corrected chi connectivity index (χ0v) is 14.0. The van der Waals surface area contributed by atoms with Gasteiger partial charge in [-0.05, 0) is 44.4 Å². The van der Waals surface area contributed by atoms with Gasteiger partial charge in [-0.3, -0.25) is 0 Å². The highest BCUT2D eigenvalue weighted by Crippen LogP contribution is 2.40. The molecule has 1 aliphatic rings. The predicted octanol–water partition coefficient (Wildman–Crippen LogP) is 2.70. The van der Waals surface area contributed by atoms with Crippen molar-refractivity contribution in [2.45, 2.75) is 37.9 Å². The number of likely N-dealkylation sites (tertiary alicyclic amines) is 1. The minimum Gasteiger partial charge on any atom is -0.497 e. The number of nitrogens with zero attached hydrogens (tertiary/aromatic N) is 1. The first-order valence-electron chi connectivity index (χ1n) is 7.69. The number of hydrogen-bond acceptors (Lipinski definition) is 4. The average Bonchev–Trinajstić information content (AvgIpc) is 2.48. The molecular formula is C17H27FN2O2. The third-order valence-corrected chi connectivity index (χ3v) is 4.15. The van der Waals surface area contributed by atoms with E-state index in [0.29, 0.717) is 43.0 Å². The molecule has 5 heteroatoms. The standard InChI is InChI=1S/C17H27FN2O2/c1-16(2,19)12-20-7-5-17(18,6-8-20)13-9-14(21-3)11-15(10-13)22-4/h9-11H,5-8,12,19H2,1-4H3. The van der Waals surface area contributed by atoms with Crippen LogP contribution in [-0.2, 0) is 5.67 Å². The second-order valence-electron chi connectivity index (χ2n) is 6.83. The molecule has 0 spiro atoms. The molecule has 0 aromatic heterocycles. The summed E-state index contributed by atoms with van der Waals surface area (Å²) in [6.07, 6.45) is 0.915. The Balaban J connectivity index is 2.13. The van der Waals surface area contributed by atoms with E-state index in [1.54, 1.807) is 32.4 Å². The van der Waals surface area contributed by atoms with E-state index in [1.165, 1.54) is 0 Å². The van der Waals surface area contributed by atoms with Gasteiger partial charge in [-0.2, -0.15) is 0 Å². The van der Waals surface area contributed by atoms with Crippen LogP contribution in [-0.4, -0.2) is 44.3 Å². The molecule has 1 aromatic rings. The maximum Gasteiger partial charge on any atom is 0.138 e. The summed E-state index contributed by atoms with van der Waals surface area (Å²) in [5.74, 6) is 1.24. The number of benzene rings is 1. The third kappa shape index (κ3) is 4.11. The molecule has 1 fully saturated rings. The molecule has 1 aromatic carbocycles. The second-order valence-corrected chi connectivity index (χ2v) is 6.83. The highest BCUT2D eigenvalue weighted by atomic mass is 19.1. The number of piperidine rings is 1. The van der Waals surface area contributed by atoms with Crippen LogP contribution in [0.2, 0.25) is 0 Å². The molecular weight excluding hydrogens is 283 g/mol. The first-order valence-corrected chi connectivity index (χ1v) is 7.69. The zero-order valence-electron chi connectivity index (χ0n) is 14.0. The highest BCUT2D eigenvalue weighted by molar-refractivity contribution is 5.41. The first kappa shape index (κ1) is 17.0. The highest BCUT2D eigenvalue weighted by Gasteiger charge is 2.37. The minimum atomic E-state index is -1.34. The Hall–Kier alpha value is -1.33. The van der Waals surface area contributed by atoms with Gasteiger partial charge in [0.05, 0.1) is 14.2 Å². The smallest absolute Gasteiger partial charge is 0.138 e. The fraction of sp³-hybridized carbons (Fsp3) is 0.647. The van der Waals surface area contributed by atoms with Gasteiger partial charge in [0.25, 0.3) is 0 Å². The van der Waals surface area contributed by atoms with Crippen LogP contribution in [0.3, 0.4) is 0 Å². The van der Waals surface area contributed by atoms with Gasteiger partial charge in [0.15, 0.2) is 0 Å². The van der Waals surface area contributed by atoms with Crippen LogP contribution in [0.1, 0.15) is 32.3 Å². The van der Waals surface area contributed by atoms with Crippen LogP contribution in [0.15, 0.2) is 18.2 Å². The van der Waals surface area contributed by atoms with Crippen LogP contribution in [0.4, 0.5) is 4.39 Å². The van der Waals surface area contributed by atoms with Crippen LogP contribution < -0.4 is 15.2 Å². The summed E-state index contributed by atoms with van der Waals surface area (Å²) in [6.45, 7) is 6.19. The molecule has 0 atom stereocenters. The summed E-state index contributed by atoms with van der Waals surface area (Å²) in [4.78, 5) is 2.23. The lowest BCUT2D eigenvalue weighted by molar-refractivity contribution is 0.0480. The van der Waals surface area contributed by atoms with Gasteiger partial charge >= 0.3 is 0 Å². The van der Waals surface area contributed by atoms with E-state index in [4.69, 9.17) is 15.2 Å². The van der Waals surface area contributed by atoms with E-state index in [0.717, 1.165) is 6.54 Å². The van der Waals surface area contributed by atoms with Crippen molar-refractivity contribution in [3.8, 4) is 11.5 Å². The van der Waals surface area contributed by atoms with Crippen molar-refractivity contribution >= 4 is 0 Å². The minimum absolute atomic E-state index is 0.254. The van der Waals surface area contributed by atoms with E-state index in [9.17, 15) is 0 Å². The average molecular weight is 310 g/mol.